The van der Waals surface area contributed by atoms with Crippen molar-refractivity contribution in [2.75, 3.05) is 29.9 Å². The molecular formula is C36H37N11O2. The number of aromatic nitrogens is 8. The second-order valence-electron chi connectivity index (χ2n) is 12.8. The van der Waals surface area contributed by atoms with E-state index in [2.05, 4.69) is 40.8 Å². The van der Waals surface area contributed by atoms with Crippen molar-refractivity contribution >= 4 is 34.4 Å². The number of carbonyl (C=O) groups excluding carboxylic acids is 2. The Kier molecular flexibility index (Phi) is 8.08. The van der Waals surface area contributed by atoms with E-state index in [0.29, 0.717) is 41.5 Å². The Labute approximate surface area is 282 Å². The minimum Gasteiger partial charge on any atom is -0.356 e. The summed E-state index contributed by atoms with van der Waals surface area (Å²) in [5, 5.41) is 20.8. The van der Waals surface area contributed by atoms with Crippen LogP contribution in [0.4, 0.5) is 11.5 Å². The van der Waals surface area contributed by atoms with Crippen LogP contribution in [0.2, 0.25) is 0 Å². The van der Waals surface area contributed by atoms with Crippen LogP contribution in [0.15, 0.2) is 73.3 Å². The zero-order valence-corrected chi connectivity index (χ0v) is 27.3. The van der Waals surface area contributed by atoms with E-state index in [-0.39, 0.29) is 11.8 Å². The van der Waals surface area contributed by atoms with Crippen LogP contribution in [0.3, 0.4) is 0 Å². The van der Waals surface area contributed by atoms with Gasteiger partial charge >= 0.3 is 0 Å². The highest BCUT2D eigenvalue weighted by molar-refractivity contribution is 6.06. The van der Waals surface area contributed by atoms with E-state index in [1.54, 1.807) is 11.0 Å². The first-order chi connectivity index (χ1) is 24.0. The van der Waals surface area contributed by atoms with Gasteiger partial charge in [0.15, 0.2) is 0 Å². The number of anilines is 2. The summed E-state index contributed by atoms with van der Waals surface area (Å²) < 4.78 is 3.67. The van der Waals surface area contributed by atoms with E-state index in [1.165, 1.54) is 0 Å². The van der Waals surface area contributed by atoms with Gasteiger partial charge in [0.25, 0.3) is 11.8 Å². The molecule has 4 aromatic heterocycles. The molecule has 1 saturated heterocycles. The van der Waals surface area contributed by atoms with Gasteiger partial charge in [-0.15, -0.1) is 5.10 Å². The molecule has 0 radical (unpaired) electrons. The molecule has 0 bridgehead atoms. The molecule has 1 fully saturated rings. The predicted octanol–water partition coefficient (Wildman–Crippen LogP) is 4.61. The first kappa shape index (κ1) is 30.5. The number of nitrogens with one attached hydrogen (secondary N) is 3. The molecule has 2 aliphatic heterocycles. The summed E-state index contributed by atoms with van der Waals surface area (Å²) in [7, 11) is 0. The van der Waals surface area contributed by atoms with Crippen molar-refractivity contribution in [3.63, 3.8) is 0 Å². The quantitative estimate of drug-likeness (QED) is 0.204. The summed E-state index contributed by atoms with van der Waals surface area (Å²) in [4.78, 5) is 41.1. The van der Waals surface area contributed by atoms with Gasteiger partial charge in [-0.2, -0.15) is 5.10 Å². The number of aromatic amines is 1. The summed E-state index contributed by atoms with van der Waals surface area (Å²) >= 11 is 0. The van der Waals surface area contributed by atoms with Crippen LogP contribution < -0.4 is 15.5 Å². The van der Waals surface area contributed by atoms with Crippen molar-refractivity contribution in [3.05, 3.63) is 101 Å². The Hall–Kier alpha value is -5.85. The Morgan fingerprint density at radius 1 is 1.00 bits per heavy atom. The van der Waals surface area contributed by atoms with Crippen molar-refractivity contribution < 1.29 is 9.59 Å². The second-order valence-corrected chi connectivity index (χ2v) is 12.8. The zero-order chi connectivity index (χ0) is 33.3. The van der Waals surface area contributed by atoms with E-state index < -0.39 is 0 Å². The number of amides is 2. The minimum absolute atomic E-state index is 0.0849. The molecule has 49 heavy (non-hydrogen) atoms. The largest absolute Gasteiger partial charge is 0.356 e. The third-order valence-electron chi connectivity index (χ3n) is 9.60. The van der Waals surface area contributed by atoms with Crippen molar-refractivity contribution in [3.8, 4) is 11.3 Å². The molecule has 2 amide bonds. The van der Waals surface area contributed by atoms with Crippen LogP contribution in [-0.4, -0.2) is 71.2 Å². The lowest BCUT2D eigenvalue weighted by Gasteiger charge is -2.33. The number of para-hydroxylation sites is 1. The number of carbonyl (C=O) groups is 2. The lowest BCUT2D eigenvalue weighted by atomic mass is 9.96. The molecule has 0 atom stereocenters. The Morgan fingerprint density at radius 2 is 1.86 bits per heavy atom. The van der Waals surface area contributed by atoms with Crippen LogP contribution in [-0.2, 0) is 19.5 Å². The summed E-state index contributed by atoms with van der Waals surface area (Å²) in [6.07, 6.45) is 9.05. The van der Waals surface area contributed by atoms with Gasteiger partial charge in [0.2, 0.25) is 0 Å². The molecule has 2 aliphatic rings. The fourth-order valence-corrected chi connectivity index (χ4v) is 6.95. The lowest BCUT2D eigenvalue weighted by molar-refractivity contribution is 0.0942. The number of hydrogen-bond donors (Lipinski definition) is 3. The van der Waals surface area contributed by atoms with Crippen LogP contribution in [0.5, 0.6) is 0 Å². The molecule has 8 rings (SSSR count). The fraction of sp³-hybridized carbons (Fsp3) is 0.306. The van der Waals surface area contributed by atoms with Gasteiger partial charge in [0.05, 0.1) is 35.1 Å². The third kappa shape index (κ3) is 6.15. The molecule has 0 aliphatic carbocycles. The van der Waals surface area contributed by atoms with Crippen LogP contribution in [0.1, 0.15) is 56.9 Å². The van der Waals surface area contributed by atoms with Crippen molar-refractivity contribution in [1.82, 2.24) is 45.0 Å². The molecule has 2 aromatic carbocycles. The number of H-pyrrole nitrogens is 1. The number of benzene rings is 2. The van der Waals surface area contributed by atoms with Crippen molar-refractivity contribution in [1.29, 1.82) is 0 Å². The summed E-state index contributed by atoms with van der Waals surface area (Å²) in [5.74, 6) is 1.07. The monoisotopic (exact) mass is 655 g/mol. The van der Waals surface area contributed by atoms with Gasteiger partial charge in [-0.1, -0.05) is 35.5 Å². The number of nitrogens with zero attached hydrogens (tertiary/aromatic N) is 8. The van der Waals surface area contributed by atoms with Gasteiger partial charge in [0.1, 0.15) is 23.5 Å². The normalized spacial score (nSPS) is 14.7. The standard InChI is InChI=1S/C36H37N11O2/c1-23-9-10-25(18-28(23)35(48)41-26-6-3-2-4-7-26)29-20-46(44-42-29)21-30-32(31-8-5-15-47(31)43-30)36(49)38-19-24-12-16-45(17-13-24)34-27-11-14-37-33(27)39-22-40-34/h2-4,6-7,9-11,14,18,20,22,24H,5,8,12-13,15-17,19,21H2,1H3,(H,38,49)(H,41,48)(H,37,39,40). The van der Waals surface area contributed by atoms with Crippen molar-refractivity contribution in [2.24, 2.45) is 5.92 Å². The smallest absolute Gasteiger partial charge is 0.255 e. The van der Waals surface area contributed by atoms with E-state index in [4.69, 9.17) is 5.10 Å². The SMILES string of the molecule is Cc1ccc(-c2cn(Cc3nn4c(c3C(=O)NCC3CCN(c5ncnc6[nH]ccc56)CC3)CCC4)nn2)cc1C(=O)Nc1ccccc1. The Bertz CT molecular complexity index is 2140. The van der Waals surface area contributed by atoms with Crippen LogP contribution in [0.25, 0.3) is 22.3 Å². The number of hydrogen-bond acceptors (Lipinski definition) is 8. The van der Waals surface area contributed by atoms with Crippen LogP contribution in [0, 0.1) is 12.8 Å². The average molecular weight is 656 g/mol. The Balaban J connectivity index is 0.931. The predicted molar refractivity (Wildman–Crippen MR) is 185 cm³/mol. The van der Waals surface area contributed by atoms with Gasteiger partial charge in [0, 0.05) is 49.2 Å². The van der Waals surface area contributed by atoms with Gasteiger partial charge < -0.3 is 20.5 Å². The zero-order valence-electron chi connectivity index (χ0n) is 27.3. The molecule has 13 heteroatoms. The maximum atomic E-state index is 13.7. The first-order valence-electron chi connectivity index (χ1n) is 16.8. The van der Waals surface area contributed by atoms with Crippen LogP contribution >= 0.6 is 0 Å². The van der Waals surface area contributed by atoms with Gasteiger partial charge in [-0.25, -0.2) is 14.6 Å². The molecule has 0 spiro atoms. The molecule has 3 N–H and O–H groups in total. The average Bonchev–Trinajstić information content (AvgIpc) is 3.94. The maximum absolute atomic E-state index is 13.7. The molecular weight excluding hydrogens is 618 g/mol. The third-order valence-corrected chi connectivity index (χ3v) is 9.60. The van der Waals surface area contributed by atoms with E-state index in [0.717, 1.165) is 84.7 Å². The first-order valence-corrected chi connectivity index (χ1v) is 16.8. The van der Waals surface area contributed by atoms with Gasteiger partial charge in [-0.05, 0) is 68.4 Å². The number of aryl methyl sites for hydroxylation is 2. The summed E-state index contributed by atoms with van der Waals surface area (Å²) in [6.45, 7) is 5.39. The molecule has 6 heterocycles. The number of piperidine rings is 1. The van der Waals surface area contributed by atoms with Gasteiger partial charge in [-0.3, -0.25) is 14.3 Å². The minimum atomic E-state index is -0.185. The molecule has 6 aromatic rings. The highest BCUT2D eigenvalue weighted by atomic mass is 16.2. The Morgan fingerprint density at radius 3 is 2.71 bits per heavy atom. The van der Waals surface area contributed by atoms with E-state index >= 15 is 0 Å². The number of rotatable bonds is 9. The lowest BCUT2D eigenvalue weighted by Crippen LogP contribution is -2.39. The molecule has 248 valence electrons. The second kappa shape index (κ2) is 13.0. The fourth-order valence-electron chi connectivity index (χ4n) is 6.95. The molecule has 13 nitrogen and oxygen atoms in total. The highest BCUT2D eigenvalue weighted by Gasteiger charge is 2.28. The number of fused-ring (bicyclic) bond motifs is 2. The summed E-state index contributed by atoms with van der Waals surface area (Å²) in [5.41, 5.74) is 6.74. The topological polar surface area (TPSA) is 152 Å². The van der Waals surface area contributed by atoms with E-state index in [1.807, 2.05) is 78.6 Å². The molecule has 0 unspecified atom stereocenters. The van der Waals surface area contributed by atoms with E-state index in [9.17, 15) is 9.59 Å². The summed E-state index contributed by atoms with van der Waals surface area (Å²) in [6, 6.07) is 17.1. The van der Waals surface area contributed by atoms with Crippen molar-refractivity contribution in [2.45, 2.75) is 45.7 Å². The highest BCUT2D eigenvalue weighted by Crippen LogP contribution is 2.28. The molecule has 0 saturated carbocycles. The maximum Gasteiger partial charge on any atom is 0.255 e.